The Hall–Kier alpha value is -1.15. The van der Waals surface area contributed by atoms with Crippen LogP contribution in [-0.4, -0.2) is 27.4 Å². The number of carbonyl (C=O) groups is 1. The van der Waals surface area contributed by atoms with E-state index < -0.39 is 10.0 Å². The van der Waals surface area contributed by atoms with Gasteiger partial charge in [-0.2, -0.15) is 0 Å². The monoisotopic (exact) mass is 319 g/mol. The normalized spacial score (nSPS) is 14.8. The number of sulfonamides is 1. The summed E-state index contributed by atoms with van der Waals surface area (Å²) in [6.07, 6.45) is 1.87. The minimum atomic E-state index is -3.52. The second-order valence-electron chi connectivity index (χ2n) is 4.41. The summed E-state index contributed by atoms with van der Waals surface area (Å²) in [6.45, 7) is 0.455. The fourth-order valence-corrected chi connectivity index (χ4v) is 3.09. The molecule has 6 nitrogen and oxygen atoms in total. The van der Waals surface area contributed by atoms with Gasteiger partial charge in [0.1, 0.15) is 0 Å². The van der Waals surface area contributed by atoms with E-state index in [1.165, 1.54) is 6.07 Å². The molecule has 1 aliphatic heterocycles. The highest BCUT2D eigenvalue weighted by atomic mass is 35.5. The first-order valence-corrected chi connectivity index (χ1v) is 7.64. The predicted octanol–water partition coefficient (Wildman–Crippen LogP) is 0.620. The Bertz CT molecular complexity index is 590. The average Bonchev–Trinajstić information content (AvgIpc) is 2.56. The van der Waals surface area contributed by atoms with Gasteiger partial charge in [-0.25, -0.2) is 13.1 Å². The quantitative estimate of drug-likeness (QED) is 0.757. The van der Waals surface area contributed by atoms with E-state index in [0.717, 1.165) is 12.0 Å². The van der Waals surface area contributed by atoms with E-state index in [0.29, 0.717) is 18.5 Å². The minimum Gasteiger partial charge on any atom is -0.329 e. The molecule has 0 saturated carbocycles. The minimum absolute atomic E-state index is 0. The smallest absolute Gasteiger partial charge is 0.240 e. The molecule has 0 radical (unpaired) electrons. The third-order valence-electron chi connectivity index (χ3n) is 2.95. The molecule has 0 atom stereocenters. The Morgan fingerprint density at radius 3 is 2.75 bits per heavy atom. The van der Waals surface area contributed by atoms with Gasteiger partial charge in [0.25, 0.3) is 0 Å². The van der Waals surface area contributed by atoms with Gasteiger partial charge in [-0.1, -0.05) is 0 Å². The number of amides is 1. The van der Waals surface area contributed by atoms with E-state index >= 15 is 0 Å². The Morgan fingerprint density at radius 1 is 1.30 bits per heavy atom. The molecule has 1 aromatic rings. The molecule has 0 fully saturated rings. The lowest BCUT2D eigenvalue weighted by molar-refractivity contribution is -0.116. The zero-order chi connectivity index (χ0) is 13.9. The van der Waals surface area contributed by atoms with Crippen molar-refractivity contribution in [2.45, 2.75) is 24.2 Å². The highest BCUT2D eigenvalue weighted by Crippen LogP contribution is 2.24. The van der Waals surface area contributed by atoms with Crippen molar-refractivity contribution >= 4 is 34.0 Å². The molecule has 1 heterocycles. The van der Waals surface area contributed by atoms with E-state index in [1.54, 1.807) is 12.1 Å². The summed E-state index contributed by atoms with van der Waals surface area (Å²) >= 11 is 0. The van der Waals surface area contributed by atoms with Crippen molar-refractivity contribution in [2.24, 2.45) is 5.73 Å². The molecule has 1 amide bonds. The van der Waals surface area contributed by atoms with Crippen LogP contribution < -0.4 is 15.8 Å². The lowest BCUT2D eigenvalue weighted by Crippen LogP contribution is -2.29. The van der Waals surface area contributed by atoms with Gasteiger partial charge >= 0.3 is 0 Å². The van der Waals surface area contributed by atoms with E-state index in [2.05, 4.69) is 10.0 Å². The Kier molecular flexibility index (Phi) is 5.94. The van der Waals surface area contributed by atoms with Crippen molar-refractivity contribution in [1.29, 1.82) is 0 Å². The molecule has 0 spiro atoms. The van der Waals surface area contributed by atoms with E-state index in [9.17, 15) is 13.2 Å². The van der Waals surface area contributed by atoms with E-state index in [1.807, 2.05) is 0 Å². The number of nitrogens with one attached hydrogen (secondary N) is 2. The largest absolute Gasteiger partial charge is 0.329 e. The third kappa shape index (κ3) is 3.92. The molecular weight excluding hydrogens is 302 g/mol. The summed E-state index contributed by atoms with van der Waals surface area (Å²) < 4.78 is 26.4. The number of nitrogens with two attached hydrogens (primary N) is 1. The van der Waals surface area contributed by atoms with Crippen LogP contribution in [0.1, 0.15) is 18.4 Å². The Labute approximate surface area is 124 Å². The van der Waals surface area contributed by atoms with Crippen molar-refractivity contribution in [2.75, 3.05) is 18.4 Å². The summed E-state index contributed by atoms with van der Waals surface area (Å²) in [7, 11) is -3.52. The summed E-state index contributed by atoms with van der Waals surface area (Å²) in [5, 5.41) is 2.77. The number of rotatable bonds is 4. The Morgan fingerprint density at radius 2 is 2.05 bits per heavy atom. The first-order valence-electron chi connectivity index (χ1n) is 6.15. The van der Waals surface area contributed by atoms with Gasteiger partial charge in [-0.3, -0.25) is 4.79 Å². The van der Waals surface area contributed by atoms with Crippen LogP contribution in [0.3, 0.4) is 0 Å². The van der Waals surface area contributed by atoms with Crippen molar-refractivity contribution < 1.29 is 13.2 Å². The van der Waals surface area contributed by atoms with Crippen LogP contribution in [0, 0.1) is 0 Å². The highest BCUT2D eigenvalue weighted by molar-refractivity contribution is 7.89. The van der Waals surface area contributed by atoms with Gasteiger partial charge in [-0.05, 0) is 36.6 Å². The SMILES string of the molecule is Cl.NCCNS(=O)(=O)c1ccc2c(c1)CCCC(=O)N2. The Balaban J connectivity index is 0.00000200. The maximum absolute atomic E-state index is 12.0. The van der Waals surface area contributed by atoms with Crippen LogP contribution in [0.2, 0.25) is 0 Å². The van der Waals surface area contributed by atoms with Crippen LogP contribution >= 0.6 is 12.4 Å². The van der Waals surface area contributed by atoms with Crippen molar-refractivity contribution in [3.63, 3.8) is 0 Å². The summed E-state index contributed by atoms with van der Waals surface area (Å²) in [4.78, 5) is 11.6. The number of hydrogen-bond donors (Lipinski definition) is 3. The van der Waals surface area contributed by atoms with Crippen LogP contribution in [0.4, 0.5) is 5.69 Å². The second-order valence-corrected chi connectivity index (χ2v) is 6.17. The van der Waals surface area contributed by atoms with Gasteiger partial charge in [-0.15, -0.1) is 12.4 Å². The first kappa shape index (κ1) is 16.9. The van der Waals surface area contributed by atoms with Crippen LogP contribution in [0.5, 0.6) is 0 Å². The second kappa shape index (κ2) is 7.03. The molecule has 0 saturated heterocycles. The molecule has 20 heavy (non-hydrogen) atoms. The van der Waals surface area contributed by atoms with Gasteiger partial charge in [0.2, 0.25) is 15.9 Å². The maximum Gasteiger partial charge on any atom is 0.240 e. The molecule has 1 aromatic carbocycles. The molecule has 112 valence electrons. The van der Waals surface area contributed by atoms with Crippen LogP contribution in [-0.2, 0) is 21.2 Å². The number of benzene rings is 1. The number of hydrogen-bond acceptors (Lipinski definition) is 4. The summed E-state index contributed by atoms with van der Waals surface area (Å²) in [5.41, 5.74) is 6.83. The molecule has 0 aliphatic carbocycles. The lowest BCUT2D eigenvalue weighted by Gasteiger charge is -2.10. The third-order valence-corrected chi connectivity index (χ3v) is 4.41. The molecular formula is C12H18ClN3O3S. The molecule has 8 heteroatoms. The number of fused-ring (bicyclic) bond motifs is 1. The first-order chi connectivity index (χ1) is 9.03. The van der Waals surface area contributed by atoms with Crippen molar-refractivity contribution in [1.82, 2.24) is 4.72 Å². The molecule has 2 rings (SSSR count). The van der Waals surface area contributed by atoms with Gasteiger partial charge in [0.15, 0.2) is 0 Å². The standard InChI is InChI=1S/C12H17N3O3S.ClH/c13-6-7-14-19(17,18)10-4-5-11-9(8-10)2-1-3-12(16)15-11;/h4-5,8,14H,1-3,6-7,13H2,(H,15,16);1H. The number of carbonyl (C=O) groups excluding carboxylic acids is 1. The van der Waals surface area contributed by atoms with Crippen LogP contribution in [0.25, 0.3) is 0 Å². The van der Waals surface area contributed by atoms with Crippen molar-refractivity contribution in [3.8, 4) is 0 Å². The molecule has 0 bridgehead atoms. The fraction of sp³-hybridized carbons (Fsp3) is 0.417. The molecule has 4 N–H and O–H groups in total. The number of anilines is 1. The molecule has 1 aliphatic rings. The zero-order valence-electron chi connectivity index (χ0n) is 10.9. The topological polar surface area (TPSA) is 101 Å². The highest BCUT2D eigenvalue weighted by Gasteiger charge is 2.18. The lowest BCUT2D eigenvalue weighted by atomic mass is 10.1. The van der Waals surface area contributed by atoms with Gasteiger partial charge in [0, 0.05) is 25.2 Å². The van der Waals surface area contributed by atoms with Crippen molar-refractivity contribution in [3.05, 3.63) is 23.8 Å². The molecule has 0 aromatic heterocycles. The van der Waals surface area contributed by atoms with E-state index in [4.69, 9.17) is 5.73 Å². The summed E-state index contributed by atoms with van der Waals surface area (Å²) in [6, 6.07) is 4.73. The molecule has 0 unspecified atom stereocenters. The van der Waals surface area contributed by atoms with Gasteiger partial charge < -0.3 is 11.1 Å². The fourth-order valence-electron chi connectivity index (χ4n) is 1.99. The maximum atomic E-state index is 12.0. The number of aryl methyl sites for hydroxylation is 1. The number of halogens is 1. The predicted molar refractivity (Wildman–Crippen MR) is 79.5 cm³/mol. The van der Waals surface area contributed by atoms with Crippen LogP contribution in [0.15, 0.2) is 23.1 Å². The van der Waals surface area contributed by atoms with E-state index in [-0.39, 0.29) is 36.3 Å². The summed E-state index contributed by atoms with van der Waals surface area (Å²) in [5.74, 6) is -0.0318. The zero-order valence-corrected chi connectivity index (χ0v) is 12.5. The average molecular weight is 320 g/mol. The van der Waals surface area contributed by atoms with Gasteiger partial charge in [0.05, 0.1) is 4.90 Å².